The number of carboxylic acids is 4. The summed E-state index contributed by atoms with van der Waals surface area (Å²) in [4.78, 5) is 50.4. The van der Waals surface area contributed by atoms with Crippen molar-refractivity contribution >= 4 is 67.0 Å². The topological polar surface area (TPSA) is 168 Å². The number of fused-ring (bicyclic) bond motifs is 2. The highest BCUT2D eigenvalue weighted by Gasteiger charge is 2.30. The number of para-hydroxylation sites is 2. The molecule has 0 radical (unpaired) electrons. The third-order valence-electron chi connectivity index (χ3n) is 7.90. The second-order valence-electron chi connectivity index (χ2n) is 10.5. The SMILES string of the molecule is O=C(O)c1ccc2c3c(Oc4ccccc4)cc(C(=O)O)c4c(C(=O)O)ccc(c5c(Oc6ccccc6)cc(C(=O)O)c1c25)c43. The molecule has 224 valence electrons. The van der Waals surface area contributed by atoms with Crippen molar-refractivity contribution in [3.05, 3.63) is 119 Å². The third-order valence-corrected chi connectivity index (χ3v) is 7.90. The molecule has 0 saturated carbocycles. The van der Waals surface area contributed by atoms with Gasteiger partial charge in [-0.2, -0.15) is 0 Å². The number of carboxylic acid groups (broad SMARTS) is 4. The van der Waals surface area contributed by atoms with Crippen LogP contribution in [0.15, 0.2) is 97.1 Å². The number of rotatable bonds is 8. The first-order chi connectivity index (χ1) is 22.2. The van der Waals surface area contributed by atoms with Crippen LogP contribution >= 0.6 is 0 Å². The molecule has 10 heteroatoms. The van der Waals surface area contributed by atoms with Gasteiger partial charge in [0.25, 0.3) is 0 Å². The lowest BCUT2D eigenvalue weighted by Crippen LogP contribution is -2.08. The van der Waals surface area contributed by atoms with E-state index in [-0.39, 0.29) is 66.1 Å². The average molecular weight is 613 g/mol. The van der Waals surface area contributed by atoms with Gasteiger partial charge in [-0.15, -0.1) is 0 Å². The Kier molecular flexibility index (Phi) is 6.41. The Balaban J connectivity index is 1.79. The smallest absolute Gasteiger partial charge is 0.336 e. The van der Waals surface area contributed by atoms with Crippen LogP contribution in [0.4, 0.5) is 0 Å². The summed E-state index contributed by atoms with van der Waals surface area (Å²) >= 11 is 0. The molecule has 4 N–H and O–H groups in total. The minimum Gasteiger partial charge on any atom is -0.478 e. The zero-order valence-electron chi connectivity index (χ0n) is 23.5. The molecule has 0 spiro atoms. The molecule has 7 aromatic carbocycles. The van der Waals surface area contributed by atoms with Gasteiger partial charge >= 0.3 is 23.9 Å². The van der Waals surface area contributed by atoms with E-state index in [0.717, 1.165) is 0 Å². The zero-order chi connectivity index (χ0) is 32.3. The van der Waals surface area contributed by atoms with Crippen LogP contribution < -0.4 is 9.47 Å². The van der Waals surface area contributed by atoms with E-state index in [1.54, 1.807) is 60.7 Å². The first-order valence-electron chi connectivity index (χ1n) is 13.8. The highest BCUT2D eigenvalue weighted by atomic mass is 16.5. The lowest BCUT2D eigenvalue weighted by atomic mass is 9.83. The molecule has 0 aliphatic heterocycles. The molecule has 7 rings (SSSR count). The summed E-state index contributed by atoms with van der Waals surface area (Å²) in [6.45, 7) is 0. The number of hydrogen-bond donors (Lipinski definition) is 4. The molecular weight excluding hydrogens is 592 g/mol. The van der Waals surface area contributed by atoms with Crippen molar-refractivity contribution in [3.63, 3.8) is 0 Å². The second-order valence-corrected chi connectivity index (χ2v) is 10.5. The summed E-state index contributed by atoms with van der Waals surface area (Å²) in [5.41, 5.74) is -1.23. The van der Waals surface area contributed by atoms with E-state index in [1.165, 1.54) is 36.4 Å². The van der Waals surface area contributed by atoms with Gasteiger partial charge in [0.15, 0.2) is 0 Å². The van der Waals surface area contributed by atoms with Crippen LogP contribution in [-0.2, 0) is 0 Å². The first-order valence-corrected chi connectivity index (χ1v) is 13.8. The summed E-state index contributed by atoms with van der Waals surface area (Å²) in [5.74, 6) is -4.75. The Morgan fingerprint density at radius 1 is 0.391 bits per heavy atom. The summed E-state index contributed by atoms with van der Waals surface area (Å²) < 4.78 is 12.5. The predicted octanol–water partition coefficient (Wildman–Crippen LogP) is 8.11. The van der Waals surface area contributed by atoms with E-state index < -0.39 is 23.9 Å². The Morgan fingerprint density at radius 2 is 0.739 bits per heavy atom. The molecule has 0 unspecified atom stereocenters. The fourth-order valence-corrected chi connectivity index (χ4v) is 6.12. The van der Waals surface area contributed by atoms with E-state index in [9.17, 15) is 39.6 Å². The Bertz CT molecular complexity index is 2240. The number of ether oxygens (including phenoxy) is 2. The first kappa shape index (κ1) is 28.1. The molecule has 0 bridgehead atoms. The monoisotopic (exact) mass is 612 g/mol. The minimum absolute atomic E-state index is 0.0427. The van der Waals surface area contributed by atoms with Crippen LogP contribution in [0.3, 0.4) is 0 Å². The Hall–Kier alpha value is -6.68. The van der Waals surface area contributed by atoms with Gasteiger partial charge in [-0.05, 0) is 59.3 Å². The molecule has 0 amide bonds. The molecule has 0 heterocycles. The average Bonchev–Trinajstić information content (AvgIpc) is 3.04. The Labute approximate surface area is 258 Å². The van der Waals surface area contributed by atoms with Crippen molar-refractivity contribution in [3.8, 4) is 23.0 Å². The standard InChI is InChI=1S/C36H20O10/c37-33(38)21-14-12-20-30-26(46-18-9-5-2-6-10-18)16-24(36(43)44)28-22(34(39)40)13-11-19(32(28)30)29-25(45-17-7-3-1-4-8-17)15-23(35(41)42)27(21)31(20)29/h1-16H,(H,37,38)(H,39,40)(H,41,42)(H,43,44). The highest BCUT2D eigenvalue weighted by Crippen LogP contribution is 2.51. The van der Waals surface area contributed by atoms with E-state index in [1.807, 2.05) is 0 Å². The lowest BCUT2D eigenvalue weighted by molar-refractivity contribution is 0.0681. The van der Waals surface area contributed by atoms with Gasteiger partial charge in [0.1, 0.15) is 23.0 Å². The van der Waals surface area contributed by atoms with Gasteiger partial charge in [0, 0.05) is 32.3 Å². The molecule has 0 fully saturated rings. The maximum atomic E-state index is 12.7. The Morgan fingerprint density at radius 3 is 1.07 bits per heavy atom. The fourth-order valence-electron chi connectivity index (χ4n) is 6.12. The van der Waals surface area contributed by atoms with Gasteiger partial charge in [0.05, 0.1) is 22.3 Å². The zero-order valence-corrected chi connectivity index (χ0v) is 23.5. The van der Waals surface area contributed by atoms with E-state index in [4.69, 9.17) is 9.47 Å². The van der Waals surface area contributed by atoms with E-state index in [2.05, 4.69) is 0 Å². The molecule has 10 nitrogen and oxygen atoms in total. The van der Waals surface area contributed by atoms with Crippen LogP contribution in [-0.4, -0.2) is 44.3 Å². The molecule has 46 heavy (non-hydrogen) atoms. The number of benzene rings is 7. The van der Waals surface area contributed by atoms with Crippen LogP contribution in [0.25, 0.3) is 43.1 Å². The van der Waals surface area contributed by atoms with Gasteiger partial charge in [-0.3, -0.25) is 0 Å². The number of carbonyl (C=O) groups is 4. The van der Waals surface area contributed by atoms with Crippen LogP contribution in [0.2, 0.25) is 0 Å². The predicted molar refractivity (Wildman–Crippen MR) is 169 cm³/mol. The van der Waals surface area contributed by atoms with E-state index in [0.29, 0.717) is 22.3 Å². The fraction of sp³-hybridized carbons (Fsp3) is 0. The van der Waals surface area contributed by atoms with E-state index >= 15 is 0 Å². The van der Waals surface area contributed by atoms with Gasteiger partial charge < -0.3 is 29.9 Å². The molecule has 0 saturated heterocycles. The maximum Gasteiger partial charge on any atom is 0.336 e. The van der Waals surface area contributed by atoms with Crippen molar-refractivity contribution in [1.29, 1.82) is 0 Å². The van der Waals surface area contributed by atoms with Gasteiger partial charge in [0.2, 0.25) is 0 Å². The quantitative estimate of drug-likeness (QED) is 0.0971. The summed E-state index contributed by atoms with van der Waals surface area (Å²) in [7, 11) is 0. The van der Waals surface area contributed by atoms with Crippen molar-refractivity contribution in [2.24, 2.45) is 0 Å². The molecule has 0 aromatic heterocycles. The molecule has 0 atom stereocenters. The second kappa shape index (κ2) is 10.5. The maximum absolute atomic E-state index is 12.7. The third kappa shape index (κ3) is 4.27. The van der Waals surface area contributed by atoms with Gasteiger partial charge in [-0.1, -0.05) is 48.5 Å². The van der Waals surface area contributed by atoms with Crippen molar-refractivity contribution in [1.82, 2.24) is 0 Å². The van der Waals surface area contributed by atoms with Crippen LogP contribution in [0.5, 0.6) is 23.0 Å². The number of hydrogen-bond acceptors (Lipinski definition) is 6. The van der Waals surface area contributed by atoms with Crippen molar-refractivity contribution < 1.29 is 49.1 Å². The van der Waals surface area contributed by atoms with Crippen LogP contribution in [0.1, 0.15) is 41.4 Å². The molecule has 0 aliphatic carbocycles. The lowest BCUT2D eigenvalue weighted by Gasteiger charge is -2.22. The summed E-state index contributed by atoms with van der Waals surface area (Å²) in [6.07, 6.45) is 0. The molecular formula is C36H20O10. The normalized spacial score (nSPS) is 11.3. The van der Waals surface area contributed by atoms with Crippen molar-refractivity contribution in [2.75, 3.05) is 0 Å². The largest absolute Gasteiger partial charge is 0.478 e. The number of aromatic carboxylic acids is 4. The molecule has 7 aromatic rings. The highest BCUT2D eigenvalue weighted by molar-refractivity contribution is 6.40. The van der Waals surface area contributed by atoms with Crippen molar-refractivity contribution in [2.45, 2.75) is 0 Å². The van der Waals surface area contributed by atoms with Crippen LogP contribution in [0, 0.1) is 0 Å². The summed E-state index contributed by atoms with van der Waals surface area (Å²) in [5, 5.41) is 42.4. The molecule has 0 aliphatic rings. The van der Waals surface area contributed by atoms with Gasteiger partial charge in [-0.25, -0.2) is 19.2 Å². The minimum atomic E-state index is -1.40. The summed E-state index contributed by atoms with van der Waals surface area (Å²) in [6, 6.07) is 25.0.